The van der Waals surface area contributed by atoms with Crippen LogP contribution in [0.2, 0.25) is 0 Å². The van der Waals surface area contributed by atoms with Crippen LogP contribution in [0.15, 0.2) is 86.2 Å². The van der Waals surface area contributed by atoms with Gasteiger partial charge in [-0.3, -0.25) is 4.79 Å². The minimum absolute atomic E-state index is 0.00887. The van der Waals surface area contributed by atoms with E-state index in [1.807, 2.05) is 6.92 Å². The monoisotopic (exact) mass is 542 g/mol. The van der Waals surface area contributed by atoms with E-state index in [9.17, 15) is 17.6 Å². The molecule has 1 aromatic heterocycles. The second kappa shape index (κ2) is 11.1. The van der Waals surface area contributed by atoms with Crippen LogP contribution in [0.1, 0.15) is 5.56 Å². The molecule has 37 heavy (non-hydrogen) atoms. The number of methoxy groups -OCH3 is 2. The molecule has 4 rings (SSSR count). The number of hydrogen-bond donors (Lipinski definition) is 1. The van der Waals surface area contributed by atoms with Gasteiger partial charge in [-0.25, -0.2) is 12.8 Å². The first-order valence-corrected chi connectivity index (χ1v) is 13.4. The molecular formula is C26H23FN2O6S2. The molecule has 0 atom stereocenters. The summed E-state index contributed by atoms with van der Waals surface area (Å²) in [4.78, 5) is 17.0. The van der Waals surface area contributed by atoms with Crippen molar-refractivity contribution in [1.82, 2.24) is 4.98 Å². The number of carbonyl (C=O) groups excluding carboxylic acids is 1. The van der Waals surface area contributed by atoms with Crippen LogP contribution < -0.4 is 14.8 Å². The first-order chi connectivity index (χ1) is 17.7. The average molecular weight is 543 g/mol. The zero-order chi connectivity index (χ0) is 26.6. The highest BCUT2D eigenvalue weighted by Gasteiger charge is 2.29. The first kappa shape index (κ1) is 26.2. The molecule has 0 saturated heterocycles. The number of oxazole rings is 1. The van der Waals surface area contributed by atoms with Gasteiger partial charge < -0.3 is 19.2 Å². The number of ether oxygens (including phenoxy) is 2. The molecule has 0 saturated carbocycles. The van der Waals surface area contributed by atoms with Crippen molar-refractivity contribution in [3.8, 4) is 23.0 Å². The summed E-state index contributed by atoms with van der Waals surface area (Å²) in [5, 5.41) is 2.35. The van der Waals surface area contributed by atoms with E-state index in [-0.39, 0.29) is 26.7 Å². The second-order valence-electron chi connectivity index (χ2n) is 7.84. The van der Waals surface area contributed by atoms with Crippen molar-refractivity contribution >= 4 is 33.2 Å². The molecule has 8 nitrogen and oxygen atoms in total. The largest absolute Gasteiger partial charge is 0.497 e. The molecule has 3 aromatic carbocycles. The number of carbonyl (C=O) groups is 1. The van der Waals surface area contributed by atoms with Gasteiger partial charge in [0.05, 0.1) is 30.6 Å². The fourth-order valence-electron chi connectivity index (χ4n) is 3.32. The number of halogens is 1. The van der Waals surface area contributed by atoms with Crippen molar-refractivity contribution in [3.63, 3.8) is 0 Å². The quantitative estimate of drug-likeness (QED) is 0.281. The van der Waals surface area contributed by atoms with E-state index in [1.165, 1.54) is 50.6 Å². The fourth-order valence-corrected chi connectivity index (χ4v) is 5.65. The molecule has 0 spiro atoms. The number of thioether (sulfide) groups is 1. The van der Waals surface area contributed by atoms with Crippen LogP contribution >= 0.6 is 11.8 Å². The third-order valence-corrected chi connectivity index (χ3v) is 8.01. The van der Waals surface area contributed by atoms with Crippen molar-refractivity contribution < 1.29 is 31.5 Å². The number of benzene rings is 3. The maximum atomic E-state index is 13.4. The molecule has 1 amide bonds. The number of hydrogen-bond acceptors (Lipinski definition) is 8. The molecule has 0 fully saturated rings. The Balaban J connectivity index is 1.62. The van der Waals surface area contributed by atoms with Crippen LogP contribution in [-0.4, -0.2) is 39.3 Å². The van der Waals surface area contributed by atoms with Crippen molar-refractivity contribution in [2.75, 3.05) is 25.3 Å². The third-order valence-electron chi connectivity index (χ3n) is 5.26. The lowest BCUT2D eigenvalue weighted by molar-refractivity contribution is -0.113. The summed E-state index contributed by atoms with van der Waals surface area (Å²) in [6.45, 7) is 1.84. The fraction of sp³-hybridized carbons (Fsp3) is 0.154. The van der Waals surface area contributed by atoms with E-state index in [4.69, 9.17) is 13.9 Å². The minimum Gasteiger partial charge on any atom is -0.497 e. The topological polar surface area (TPSA) is 108 Å². The molecule has 11 heteroatoms. The molecular weight excluding hydrogens is 519 g/mol. The van der Waals surface area contributed by atoms with Crippen LogP contribution in [0.25, 0.3) is 11.5 Å². The zero-order valence-electron chi connectivity index (χ0n) is 20.1. The molecule has 4 aromatic rings. The van der Waals surface area contributed by atoms with Crippen LogP contribution in [0.4, 0.5) is 10.1 Å². The number of nitrogens with zero attached hydrogens (tertiary/aromatic N) is 1. The van der Waals surface area contributed by atoms with Gasteiger partial charge in [0, 0.05) is 11.6 Å². The number of amides is 1. The summed E-state index contributed by atoms with van der Waals surface area (Å²) in [5.74, 6) is -0.104. The number of anilines is 1. The van der Waals surface area contributed by atoms with Gasteiger partial charge in [-0.2, -0.15) is 4.98 Å². The van der Waals surface area contributed by atoms with Gasteiger partial charge in [0.25, 0.3) is 0 Å². The van der Waals surface area contributed by atoms with Gasteiger partial charge in [-0.15, -0.1) is 0 Å². The molecule has 1 heterocycles. The van der Waals surface area contributed by atoms with E-state index in [0.29, 0.717) is 22.7 Å². The number of aromatic nitrogens is 1. The summed E-state index contributed by atoms with van der Waals surface area (Å²) in [6, 6.07) is 16.5. The van der Waals surface area contributed by atoms with E-state index in [2.05, 4.69) is 10.3 Å². The lowest BCUT2D eigenvalue weighted by atomic mass is 10.2. The van der Waals surface area contributed by atoms with Crippen molar-refractivity contribution in [2.24, 2.45) is 0 Å². The Morgan fingerprint density at radius 2 is 1.73 bits per heavy atom. The summed E-state index contributed by atoms with van der Waals surface area (Å²) in [6.07, 6.45) is 0. The molecule has 0 radical (unpaired) electrons. The van der Waals surface area contributed by atoms with Crippen LogP contribution in [0, 0.1) is 12.7 Å². The predicted molar refractivity (Wildman–Crippen MR) is 137 cm³/mol. The highest BCUT2D eigenvalue weighted by atomic mass is 32.2. The molecule has 0 aliphatic carbocycles. The van der Waals surface area contributed by atoms with Gasteiger partial charge in [-0.05, 0) is 55.5 Å². The normalized spacial score (nSPS) is 11.2. The summed E-state index contributed by atoms with van der Waals surface area (Å²) >= 11 is 0.879. The van der Waals surface area contributed by atoms with E-state index >= 15 is 0 Å². The SMILES string of the molecule is COc1ccc(NC(=O)CSc2oc(-c3ccc(F)cc3)nc2S(=O)(=O)c2ccc(C)cc2)c(OC)c1. The van der Waals surface area contributed by atoms with Crippen molar-refractivity contribution in [1.29, 1.82) is 0 Å². The molecule has 1 N–H and O–H groups in total. The molecule has 0 bridgehead atoms. The van der Waals surface area contributed by atoms with Gasteiger partial charge in [0.15, 0.2) is 0 Å². The third kappa shape index (κ3) is 5.95. The Hall–Kier alpha value is -3.83. The molecule has 0 aliphatic rings. The highest BCUT2D eigenvalue weighted by Crippen LogP contribution is 2.35. The highest BCUT2D eigenvalue weighted by molar-refractivity contribution is 8.00. The Morgan fingerprint density at radius 3 is 2.38 bits per heavy atom. The Morgan fingerprint density at radius 1 is 1.03 bits per heavy atom. The van der Waals surface area contributed by atoms with Gasteiger partial charge in [-0.1, -0.05) is 29.5 Å². The summed E-state index contributed by atoms with van der Waals surface area (Å²) in [5.41, 5.74) is 1.71. The van der Waals surface area contributed by atoms with Crippen LogP contribution in [-0.2, 0) is 14.6 Å². The number of nitrogens with one attached hydrogen (secondary N) is 1. The molecule has 0 unspecified atom stereocenters. The lowest BCUT2D eigenvalue weighted by Crippen LogP contribution is -2.15. The van der Waals surface area contributed by atoms with Gasteiger partial charge >= 0.3 is 0 Å². The average Bonchev–Trinajstić information content (AvgIpc) is 3.33. The smallest absolute Gasteiger partial charge is 0.234 e. The number of sulfone groups is 1. The summed E-state index contributed by atoms with van der Waals surface area (Å²) in [7, 11) is -1.09. The first-order valence-electron chi connectivity index (χ1n) is 10.9. The second-order valence-corrected chi connectivity index (χ2v) is 10.7. The standard InChI is InChI=1S/C26H23FN2O6S2/c1-16-4-11-20(12-5-16)37(31,32)25-26(35-24(29-25)17-6-8-18(27)9-7-17)36-15-23(30)28-21-13-10-19(33-2)14-22(21)34-3/h4-14H,15H2,1-3H3,(H,28,30). The molecule has 0 aliphatic heterocycles. The van der Waals surface area contributed by atoms with Gasteiger partial charge in [0.1, 0.15) is 17.3 Å². The summed E-state index contributed by atoms with van der Waals surface area (Å²) < 4.78 is 56.5. The maximum Gasteiger partial charge on any atom is 0.234 e. The van der Waals surface area contributed by atoms with Crippen LogP contribution in [0.5, 0.6) is 11.5 Å². The van der Waals surface area contributed by atoms with E-state index < -0.39 is 21.6 Å². The Bertz CT molecular complexity index is 1520. The number of aryl methyl sites for hydroxylation is 1. The number of rotatable bonds is 9. The van der Waals surface area contributed by atoms with E-state index in [1.54, 1.807) is 30.3 Å². The van der Waals surface area contributed by atoms with Crippen molar-refractivity contribution in [2.45, 2.75) is 21.9 Å². The maximum absolute atomic E-state index is 13.4. The zero-order valence-corrected chi connectivity index (χ0v) is 21.8. The Kier molecular flexibility index (Phi) is 7.84. The van der Waals surface area contributed by atoms with Crippen molar-refractivity contribution in [3.05, 3.63) is 78.1 Å². The minimum atomic E-state index is -4.07. The van der Waals surface area contributed by atoms with Gasteiger partial charge in [0.2, 0.25) is 31.8 Å². The Labute approximate surface area is 217 Å². The van der Waals surface area contributed by atoms with E-state index in [0.717, 1.165) is 17.3 Å². The molecule has 192 valence electrons. The predicted octanol–water partition coefficient (Wildman–Crippen LogP) is 5.37. The lowest BCUT2D eigenvalue weighted by Gasteiger charge is -2.11. The van der Waals surface area contributed by atoms with Crippen LogP contribution in [0.3, 0.4) is 0 Å².